The normalized spacial score (nSPS) is 17.6. The third-order valence-electron chi connectivity index (χ3n) is 7.70. The van der Waals surface area contributed by atoms with Gasteiger partial charge < -0.3 is 34.9 Å². The maximum Gasteiger partial charge on any atom is 2.00 e. The summed E-state index contributed by atoms with van der Waals surface area (Å²) in [6.07, 6.45) is 13.8. The standard InChI is InChI=1S/C21H33N2O5.C16H24NO4.Fe/c1-13(2)15(18(25)27-8)22-17(24)16(23-19(26)28-20(3,4)5)21(6,7)14-11-9-10-12-14;1-15(2,3)21-14(19)17-12(13(18)20-6)16(4,5)11-9-7-8-10-11;/h9-13,15-16H,1-8H3,(H,22,24)(H,23,26);7-10,12H,1-6H3,(H,17,19);/q;;+2/t15-,16-;12-;/m00./s1. The van der Waals surface area contributed by atoms with Gasteiger partial charge in [0.25, 0.3) is 0 Å². The third kappa shape index (κ3) is 15.0. The first-order valence-electron chi connectivity index (χ1n) is 16.3. The molecular formula is C37H57FeN3O9+2. The first-order chi connectivity index (χ1) is 22.4. The molecular weight excluding hydrogens is 686 g/mol. The Labute approximate surface area is 311 Å². The first-order valence-corrected chi connectivity index (χ1v) is 16.3. The van der Waals surface area contributed by atoms with Gasteiger partial charge in [0, 0.05) is 10.8 Å². The van der Waals surface area contributed by atoms with E-state index in [2.05, 4.69) is 16.0 Å². The zero-order chi connectivity index (χ0) is 38.0. The molecule has 2 saturated carbocycles. The number of amides is 3. The van der Waals surface area contributed by atoms with Crippen molar-refractivity contribution in [3.63, 3.8) is 0 Å². The zero-order valence-electron chi connectivity index (χ0n) is 32.0. The molecule has 280 valence electrons. The van der Waals surface area contributed by atoms with Crippen LogP contribution < -0.4 is 16.0 Å². The van der Waals surface area contributed by atoms with Crippen LogP contribution >= 0.6 is 0 Å². The van der Waals surface area contributed by atoms with Crippen molar-refractivity contribution in [1.29, 1.82) is 0 Å². The Kier molecular flexibility index (Phi) is 18.9. The molecule has 0 aliphatic heterocycles. The smallest absolute Gasteiger partial charge is 0.467 e. The second kappa shape index (κ2) is 19.9. The molecule has 13 heteroatoms. The van der Waals surface area contributed by atoms with Gasteiger partial charge in [-0.1, -0.05) is 41.5 Å². The second-order valence-electron chi connectivity index (χ2n) is 15.2. The van der Waals surface area contributed by atoms with E-state index < -0.39 is 70.2 Å². The van der Waals surface area contributed by atoms with Crippen molar-refractivity contribution in [2.45, 2.75) is 112 Å². The molecule has 12 nitrogen and oxygen atoms in total. The summed E-state index contributed by atoms with van der Waals surface area (Å²) in [6, 6.07) is -2.62. The maximum atomic E-state index is 13.1. The van der Waals surface area contributed by atoms with E-state index in [0.29, 0.717) is 0 Å². The van der Waals surface area contributed by atoms with Gasteiger partial charge in [0.2, 0.25) is 5.91 Å². The number of alkyl carbamates (subject to hydrolysis) is 2. The summed E-state index contributed by atoms with van der Waals surface area (Å²) in [7, 11) is 2.57. The second-order valence-corrected chi connectivity index (χ2v) is 15.2. The van der Waals surface area contributed by atoms with Gasteiger partial charge in [0.1, 0.15) is 29.3 Å². The van der Waals surface area contributed by atoms with E-state index in [1.807, 2.05) is 79.1 Å². The molecule has 2 rings (SSSR count). The predicted molar refractivity (Wildman–Crippen MR) is 186 cm³/mol. The molecule has 0 aromatic rings. The molecule has 0 saturated heterocycles. The Bertz CT molecular complexity index is 1120. The van der Waals surface area contributed by atoms with Gasteiger partial charge in [-0.15, -0.1) is 0 Å². The van der Waals surface area contributed by atoms with E-state index in [4.69, 9.17) is 18.9 Å². The Morgan fingerprint density at radius 1 is 0.560 bits per heavy atom. The van der Waals surface area contributed by atoms with E-state index >= 15 is 0 Å². The minimum Gasteiger partial charge on any atom is -0.467 e. The third-order valence-corrected chi connectivity index (χ3v) is 7.70. The molecule has 10 radical (unpaired) electrons. The van der Waals surface area contributed by atoms with Gasteiger partial charge in [0.05, 0.1) is 14.2 Å². The van der Waals surface area contributed by atoms with Crippen LogP contribution in [0, 0.1) is 80.0 Å². The fourth-order valence-electron chi connectivity index (χ4n) is 4.88. The SMILES string of the molecule is COC(=O)[C@@H](NC(=O)[C@H](NC(=O)OC(C)(C)C)C(C)(C)[C]1[CH][CH][CH][CH]1)C(C)C.COC(=O)[C@H](NC(=O)OC(C)(C)C)C(C)(C)[C]1[CH][CH][CH][CH]1.[Fe+2]. The molecule has 3 amide bonds. The van der Waals surface area contributed by atoms with Crippen molar-refractivity contribution in [3.8, 4) is 0 Å². The Morgan fingerprint density at radius 3 is 1.22 bits per heavy atom. The van der Waals surface area contributed by atoms with Crippen LogP contribution in [-0.4, -0.2) is 73.6 Å². The molecule has 0 aromatic heterocycles. The first kappa shape index (κ1) is 47.5. The van der Waals surface area contributed by atoms with E-state index in [1.54, 1.807) is 55.4 Å². The van der Waals surface area contributed by atoms with Gasteiger partial charge in [0.15, 0.2) is 0 Å². The quantitative estimate of drug-likeness (QED) is 0.149. The molecule has 0 spiro atoms. The molecule has 3 atom stereocenters. The van der Waals surface area contributed by atoms with Crippen molar-refractivity contribution in [3.05, 3.63) is 63.2 Å². The topological polar surface area (TPSA) is 158 Å². The summed E-state index contributed by atoms with van der Waals surface area (Å²) in [5, 5.41) is 8.01. The molecule has 2 fully saturated rings. The van der Waals surface area contributed by atoms with Crippen molar-refractivity contribution in [2.75, 3.05) is 14.2 Å². The van der Waals surface area contributed by atoms with Gasteiger partial charge in [-0.2, -0.15) is 0 Å². The van der Waals surface area contributed by atoms with Crippen molar-refractivity contribution in [1.82, 2.24) is 16.0 Å². The van der Waals surface area contributed by atoms with Crippen LogP contribution in [0.2, 0.25) is 0 Å². The number of methoxy groups -OCH3 is 2. The van der Waals surface area contributed by atoms with Crippen LogP contribution in [0.4, 0.5) is 9.59 Å². The van der Waals surface area contributed by atoms with E-state index in [0.717, 1.165) is 11.8 Å². The van der Waals surface area contributed by atoms with Crippen LogP contribution in [0.1, 0.15) is 83.1 Å². The van der Waals surface area contributed by atoms with Crippen LogP contribution in [-0.2, 0) is 50.4 Å². The summed E-state index contributed by atoms with van der Waals surface area (Å²) in [6.45, 7) is 21.6. The van der Waals surface area contributed by atoms with Gasteiger partial charge >= 0.3 is 41.2 Å². The Hall–Kier alpha value is -2.53. The Morgan fingerprint density at radius 2 is 0.900 bits per heavy atom. The van der Waals surface area contributed by atoms with Gasteiger partial charge in [-0.3, -0.25) is 4.79 Å². The fraction of sp³-hybridized carbons (Fsp3) is 0.595. The van der Waals surface area contributed by atoms with E-state index in [1.165, 1.54) is 14.2 Å². The van der Waals surface area contributed by atoms with E-state index in [-0.39, 0.29) is 23.0 Å². The van der Waals surface area contributed by atoms with Gasteiger partial charge in [-0.05, 0) is 111 Å². The van der Waals surface area contributed by atoms with Gasteiger partial charge in [-0.25, -0.2) is 19.2 Å². The number of ether oxygens (including phenoxy) is 4. The summed E-state index contributed by atoms with van der Waals surface area (Å²) in [4.78, 5) is 61.6. The van der Waals surface area contributed by atoms with Crippen LogP contribution in [0.5, 0.6) is 0 Å². The summed E-state index contributed by atoms with van der Waals surface area (Å²) in [5.41, 5.74) is -2.70. The molecule has 0 aromatic carbocycles. The molecule has 3 N–H and O–H groups in total. The Balaban J connectivity index is 0.000000978. The molecule has 2 aliphatic carbocycles. The van der Waals surface area contributed by atoms with Crippen LogP contribution in [0.15, 0.2) is 0 Å². The van der Waals surface area contributed by atoms with Crippen molar-refractivity contribution >= 4 is 30.0 Å². The molecule has 0 unspecified atom stereocenters. The van der Waals surface area contributed by atoms with Crippen LogP contribution in [0.25, 0.3) is 0 Å². The number of nitrogens with one attached hydrogen (secondary N) is 3. The monoisotopic (exact) mass is 743 g/mol. The molecule has 50 heavy (non-hydrogen) atoms. The van der Waals surface area contributed by atoms with Crippen molar-refractivity contribution < 1.29 is 60.0 Å². The zero-order valence-corrected chi connectivity index (χ0v) is 33.1. The largest absolute Gasteiger partial charge is 2.00 e. The average molecular weight is 744 g/mol. The number of carbonyl (C=O) groups excluding carboxylic acids is 5. The molecule has 0 bridgehead atoms. The minimum absolute atomic E-state index is 0. The van der Waals surface area contributed by atoms with Crippen molar-refractivity contribution in [2.24, 2.45) is 16.7 Å². The number of esters is 2. The average Bonchev–Trinajstić information content (AvgIpc) is 3.71. The summed E-state index contributed by atoms with van der Waals surface area (Å²) >= 11 is 0. The number of carbonyl (C=O) groups is 5. The van der Waals surface area contributed by atoms with E-state index in [9.17, 15) is 24.0 Å². The summed E-state index contributed by atoms with van der Waals surface area (Å²) < 4.78 is 20.2. The maximum absolute atomic E-state index is 13.1. The fourth-order valence-corrected chi connectivity index (χ4v) is 4.88. The summed E-state index contributed by atoms with van der Waals surface area (Å²) in [5.74, 6) is 0.108. The number of hydrogen-bond acceptors (Lipinski definition) is 9. The molecule has 2 aliphatic rings. The number of rotatable bonds is 11. The minimum atomic E-state index is -0.962. The number of hydrogen-bond donors (Lipinski definition) is 3. The molecule has 0 heterocycles. The predicted octanol–water partition coefficient (Wildman–Crippen LogP) is 5.11. The van der Waals surface area contributed by atoms with Crippen LogP contribution in [0.3, 0.4) is 0 Å².